The Labute approximate surface area is 127 Å². The number of carbonyl (C=O) groups is 2. The van der Waals surface area contributed by atoms with Gasteiger partial charge in [-0.3, -0.25) is 0 Å². The highest BCUT2D eigenvalue weighted by atomic mass is 19.3. The number of carboxylic acid groups (broad SMARTS) is 1. The summed E-state index contributed by atoms with van der Waals surface area (Å²) >= 11 is 0. The molecule has 0 aliphatic heterocycles. The van der Waals surface area contributed by atoms with E-state index in [9.17, 15) is 18.4 Å². The molecule has 0 amide bonds. The van der Waals surface area contributed by atoms with Gasteiger partial charge in [-0.2, -0.15) is 8.78 Å². The summed E-state index contributed by atoms with van der Waals surface area (Å²) in [5.41, 5.74) is 0.129. The molecule has 0 saturated heterocycles. The Hall–Kier alpha value is -1.98. The number of aliphatic carboxylic acids is 1. The molecule has 22 heavy (non-hydrogen) atoms. The molecule has 1 saturated carbocycles. The van der Waals surface area contributed by atoms with E-state index in [0.717, 1.165) is 19.3 Å². The summed E-state index contributed by atoms with van der Waals surface area (Å²) in [5.74, 6) is -7.90. The molecule has 1 atom stereocenters. The van der Waals surface area contributed by atoms with E-state index in [1.165, 1.54) is 12.1 Å². The number of hydrogen-bond donors (Lipinski definition) is 1. The van der Waals surface area contributed by atoms with Crippen LogP contribution in [0.25, 0.3) is 0 Å². The molecule has 0 spiro atoms. The van der Waals surface area contributed by atoms with Gasteiger partial charge in [0.15, 0.2) is 6.10 Å². The Morgan fingerprint density at radius 3 is 2.27 bits per heavy atom. The topological polar surface area (TPSA) is 63.6 Å². The second-order valence-corrected chi connectivity index (χ2v) is 5.52. The third-order valence-electron chi connectivity index (χ3n) is 3.96. The standard InChI is InChI=1S/C16H18F2O4/c17-16(18,15(20)21)13(11-7-3-1-4-8-11)22-14(19)12-9-5-2-6-10-12/h2,5-6,9-11,13H,1,3-4,7-8H2,(H,20,21). The fourth-order valence-electron chi connectivity index (χ4n) is 2.78. The van der Waals surface area contributed by atoms with E-state index < -0.39 is 29.9 Å². The number of esters is 1. The first kappa shape index (κ1) is 16.4. The highest BCUT2D eigenvalue weighted by Crippen LogP contribution is 2.36. The number of halogens is 2. The molecule has 0 bridgehead atoms. The van der Waals surface area contributed by atoms with Crippen molar-refractivity contribution in [3.05, 3.63) is 35.9 Å². The van der Waals surface area contributed by atoms with Crippen molar-refractivity contribution in [1.29, 1.82) is 0 Å². The van der Waals surface area contributed by atoms with Crippen LogP contribution in [0.4, 0.5) is 8.78 Å². The fraction of sp³-hybridized carbons (Fsp3) is 0.500. The predicted molar refractivity (Wildman–Crippen MR) is 74.8 cm³/mol. The lowest BCUT2D eigenvalue weighted by molar-refractivity contribution is -0.189. The van der Waals surface area contributed by atoms with Gasteiger partial charge in [0, 0.05) is 5.92 Å². The maximum atomic E-state index is 14.0. The van der Waals surface area contributed by atoms with Crippen molar-refractivity contribution in [2.45, 2.75) is 44.1 Å². The van der Waals surface area contributed by atoms with Crippen LogP contribution in [-0.2, 0) is 9.53 Å². The Kier molecular flexibility index (Phi) is 5.11. The van der Waals surface area contributed by atoms with Crippen LogP contribution in [0.3, 0.4) is 0 Å². The number of alkyl halides is 2. The van der Waals surface area contributed by atoms with Crippen LogP contribution in [0.2, 0.25) is 0 Å². The Bertz CT molecular complexity index is 524. The van der Waals surface area contributed by atoms with E-state index in [1.807, 2.05) is 0 Å². The van der Waals surface area contributed by atoms with Crippen molar-refractivity contribution in [1.82, 2.24) is 0 Å². The van der Waals surface area contributed by atoms with Crippen LogP contribution in [0.5, 0.6) is 0 Å². The number of hydrogen-bond acceptors (Lipinski definition) is 3. The molecule has 1 unspecified atom stereocenters. The highest BCUT2D eigenvalue weighted by molar-refractivity contribution is 5.90. The number of rotatable bonds is 5. The van der Waals surface area contributed by atoms with Gasteiger partial charge in [0.2, 0.25) is 0 Å². The van der Waals surface area contributed by atoms with E-state index in [4.69, 9.17) is 9.84 Å². The number of benzene rings is 1. The molecule has 4 nitrogen and oxygen atoms in total. The first-order valence-corrected chi connectivity index (χ1v) is 7.30. The maximum absolute atomic E-state index is 14.0. The lowest BCUT2D eigenvalue weighted by Crippen LogP contribution is -2.48. The molecule has 0 heterocycles. The first-order chi connectivity index (χ1) is 10.4. The summed E-state index contributed by atoms with van der Waals surface area (Å²) < 4.78 is 32.9. The van der Waals surface area contributed by atoms with Crippen molar-refractivity contribution in [2.75, 3.05) is 0 Å². The van der Waals surface area contributed by atoms with Crippen LogP contribution in [-0.4, -0.2) is 29.1 Å². The van der Waals surface area contributed by atoms with E-state index in [0.29, 0.717) is 12.8 Å². The summed E-state index contributed by atoms with van der Waals surface area (Å²) in [4.78, 5) is 22.9. The minimum Gasteiger partial charge on any atom is -0.477 e. The summed E-state index contributed by atoms with van der Waals surface area (Å²) in [6, 6.07) is 7.74. The lowest BCUT2D eigenvalue weighted by atomic mass is 9.83. The highest BCUT2D eigenvalue weighted by Gasteiger charge is 2.53. The van der Waals surface area contributed by atoms with E-state index in [-0.39, 0.29) is 5.56 Å². The Balaban J connectivity index is 2.20. The van der Waals surface area contributed by atoms with Gasteiger partial charge in [0.25, 0.3) is 0 Å². The minimum atomic E-state index is -4.09. The number of ether oxygens (including phenoxy) is 1. The molecule has 1 aliphatic rings. The van der Waals surface area contributed by atoms with Gasteiger partial charge in [-0.15, -0.1) is 0 Å². The smallest absolute Gasteiger partial charge is 0.378 e. The zero-order valence-corrected chi connectivity index (χ0v) is 12.0. The van der Waals surface area contributed by atoms with Crippen LogP contribution in [0.1, 0.15) is 42.5 Å². The lowest BCUT2D eigenvalue weighted by Gasteiger charge is -2.33. The summed E-state index contributed by atoms with van der Waals surface area (Å²) in [7, 11) is 0. The van der Waals surface area contributed by atoms with Gasteiger partial charge in [-0.05, 0) is 25.0 Å². The zero-order valence-electron chi connectivity index (χ0n) is 12.0. The van der Waals surface area contributed by atoms with Crippen LogP contribution in [0, 0.1) is 5.92 Å². The van der Waals surface area contributed by atoms with E-state index in [1.54, 1.807) is 18.2 Å². The molecule has 1 aromatic rings. The Morgan fingerprint density at radius 2 is 1.73 bits per heavy atom. The molecular formula is C16H18F2O4. The summed E-state index contributed by atoms with van der Waals surface area (Å²) in [5, 5.41) is 8.78. The second kappa shape index (κ2) is 6.85. The molecule has 1 aromatic carbocycles. The molecule has 1 fully saturated rings. The fourth-order valence-corrected chi connectivity index (χ4v) is 2.78. The van der Waals surface area contributed by atoms with Gasteiger partial charge in [0.05, 0.1) is 5.56 Å². The van der Waals surface area contributed by atoms with Gasteiger partial charge < -0.3 is 9.84 Å². The number of carboxylic acids is 1. The Morgan fingerprint density at radius 1 is 1.14 bits per heavy atom. The van der Waals surface area contributed by atoms with E-state index in [2.05, 4.69) is 0 Å². The zero-order chi connectivity index (χ0) is 16.2. The third-order valence-corrected chi connectivity index (χ3v) is 3.96. The van der Waals surface area contributed by atoms with E-state index >= 15 is 0 Å². The van der Waals surface area contributed by atoms with Crippen molar-refractivity contribution in [3.8, 4) is 0 Å². The molecule has 1 N–H and O–H groups in total. The van der Waals surface area contributed by atoms with Crippen molar-refractivity contribution < 1.29 is 28.2 Å². The van der Waals surface area contributed by atoms with Crippen molar-refractivity contribution in [3.63, 3.8) is 0 Å². The van der Waals surface area contributed by atoms with Gasteiger partial charge in [0.1, 0.15) is 0 Å². The predicted octanol–water partition coefficient (Wildman–Crippen LogP) is 3.51. The van der Waals surface area contributed by atoms with Gasteiger partial charge >= 0.3 is 17.9 Å². The van der Waals surface area contributed by atoms with Crippen molar-refractivity contribution >= 4 is 11.9 Å². The molecule has 120 valence electrons. The summed E-state index contributed by atoms with van der Waals surface area (Å²) in [6.07, 6.45) is 1.34. The summed E-state index contributed by atoms with van der Waals surface area (Å²) in [6.45, 7) is 0. The van der Waals surface area contributed by atoms with Crippen molar-refractivity contribution in [2.24, 2.45) is 5.92 Å². The third kappa shape index (κ3) is 3.61. The maximum Gasteiger partial charge on any atom is 0.378 e. The van der Waals surface area contributed by atoms with Gasteiger partial charge in [-0.25, -0.2) is 9.59 Å². The molecule has 6 heteroatoms. The van der Waals surface area contributed by atoms with Gasteiger partial charge in [-0.1, -0.05) is 37.5 Å². The average Bonchev–Trinajstić information content (AvgIpc) is 2.53. The minimum absolute atomic E-state index is 0.129. The first-order valence-electron chi connectivity index (χ1n) is 7.30. The average molecular weight is 312 g/mol. The largest absolute Gasteiger partial charge is 0.477 e. The molecule has 1 aliphatic carbocycles. The van der Waals surface area contributed by atoms with Crippen LogP contribution >= 0.6 is 0 Å². The van der Waals surface area contributed by atoms with Crippen LogP contribution < -0.4 is 0 Å². The molecule has 0 aromatic heterocycles. The molecular weight excluding hydrogens is 294 g/mol. The SMILES string of the molecule is O=C(OC(C1CCCCC1)C(F)(F)C(=O)O)c1ccccc1. The normalized spacial score (nSPS) is 17.7. The second-order valence-electron chi connectivity index (χ2n) is 5.52. The van der Waals surface area contributed by atoms with Crippen LogP contribution in [0.15, 0.2) is 30.3 Å². The number of carbonyl (C=O) groups excluding carboxylic acids is 1. The molecule has 2 rings (SSSR count). The molecule has 0 radical (unpaired) electrons. The quantitative estimate of drug-likeness (QED) is 0.845. The monoisotopic (exact) mass is 312 g/mol.